The number of oxazole rings is 1. The molecule has 0 saturated carbocycles. The van der Waals surface area contributed by atoms with E-state index in [1.165, 1.54) is 0 Å². The van der Waals surface area contributed by atoms with Gasteiger partial charge in [-0.1, -0.05) is 0 Å². The highest BCUT2D eigenvalue weighted by atomic mass is 16.5. The molecule has 0 N–H and O–H groups in total. The SMILES string of the molecule is COc1ccc(-c2oc(C)c(C)[n+]2[O-])cc1OC. The van der Waals surface area contributed by atoms with Crippen molar-refractivity contribution in [2.24, 2.45) is 0 Å². The maximum absolute atomic E-state index is 11.9. The average Bonchev–Trinajstić information content (AvgIpc) is 2.65. The summed E-state index contributed by atoms with van der Waals surface area (Å²) in [6.07, 6.45) is 0. The third-order valence-corrected chi connectivity index (χ3v) is 2.88. The van der Waals surface area contributed by atoms with Crippen molar-refractivity contribution >= 4 is 0 Å². The molecule has 0 bridgehead atoms. The molecule has 2 rings (SSSR count). The van der Waals surface area contributed by atoms with Gasteiger partial charge in [0.1, 0.15) is 0 Å². The average molecular weight is 249 g/mol. The van der Waals surface area contributed by atoms with E-state index in [1.807, 2.05) is 0 Å². The number of aryl methyl sites for hydroxylation is 1. The predicted molar refractivity (Wildman–Crippen MR) is 65.7 cm³/mol. The molecule has 5 nitrogen and oxygen atoms in total. The Morgan fingerprint density at radius 1 is 1.11 bits per heavy atom. The zero-order valence-electron chi connectivity index (χ0n) is 10.8. The molecule has 0 saturated heterocycles. The maximum atomic E-state index is 11.9. The van der Waals surface area contributed by atoms with E-state index in [-0.39, 0.29) is 5.89 Å². The van der Waals surface area contributed by atoms with E-state index < -0.39 is 0 Å². The molecular formula is C13H15NO4. The first-order valence-electron chi connectivity index (χ1n) is 5.50. The molecule has 0 aliphatic rings. The van der Waals surface area contributed by atoms with Crippen molar-refractivity contribution < 1.29 is 18.6 Å². The lowest BCUT2D eigenvalue weighted by molar-refractivity contribution is -0.602. The molecule has 0 aliphatic carbocycles. The van der Waals surface area contributed by atoms with Gasteiger partial charge in [0.2, 0.25) is 5.69 Å². The second-order valence-electron chi connectivity index (χ2n) is 3.91. The number of benzene rings is 1. The quantitative estimate of drug-likeness (QED) is 0.618. The van der Waals surface area contributed by atoms with Crippen LogP contribution in [0.3, 0.4) is 0 Å². The van der Waals surface area contributed by atoms with E-state index in [0.29, 0.717) is 28.5 Å². The second kappa shape index (κ2) is 4.60. The summed E-state index contributed by atoms with van der Waals surface area (Å²) in [5.74, 6) is 2.03. The van der Waals surface area contributed by atoms with Crippen LogP contribution in [0.2, 0.25) is 0 Å². The van der Waals surface area contributed by atoms with Crippen molar-refractivity contribution in [3.63, 3.8) is 0 Å². The van der Waals surface area contributed by atoms with Gasteiger partial charge in [0.05, 0.1) is 19.8 Å². The number of hydrogen-bond acceptors (Lipinski definition) is 4. The number of rotatable bonds is 3. The van der Waals surface area contributed by atoms with Crippen LogP contribution in [0.4, 0.5) is 0 Å². The Hall–Kier alpha value is -2.17. The van der Waals surface area contributed by atoms with Gasteiger partial charge in [0, 0.05) is 19.9 Å². The Morgan fingerprint density at radius 2 is 1.78 bits per heavy atom. The van der Waals surface area contributed by atoms with Crippen LogP contribution in [0.15, 0.2) is 22.6 Å². The van der Waals surface area contributed by atoms with Gasteiger partial charge in [-0.15, -0.1) is 4.73 Å². The van der Waals surface area contributed by atoms with Gasteiger partial charge >= 0.3 is 5.89 Å². The fourth-order valence-corrected chi connectivity index (χ4v) is 1.70. The lowest BCUT2D eigenvalue weighted by atomic mass is 10.2. The molecule has 5 heteroatoms. The van der Waals surface area contributed by atoms with Crippen molar-refractivity contribution in [3.05, 3.63) is 34.9 Å². The molecule has 0 unspecified atom stereocenters. The Kier molecular flexibility index (Phi) is 3.14. The first-order chi connectivity index (χ1) is 8.58. The van der Waals surface area contributed by atoms with E-state index in [2.05, 4.69) is 0 Å². The van der Waals surface area contributed by atoms with Crippen molar-refractivity contribution in [3.8, 4) is 23.0 Å². The number of aromatic nitrogens is 1. The summed E-state index contributed by atoms with van der Waals surface area (Å²) in [6.45, 7) is 3.48. The largest absolute Gasteiger partial charge is 0.616 e. The molecule has 0 fully saturated rings. The monoisotopic (exact) mass is 249 g/mol. The van der Waals surface area contributed by atoms with Crippen LogP contribution >= 0.6 is 0 Å². The smallest absolute Gasteiger partial charge is 0.392 e. The first-order valence-corrected chi connectivity index (χ1v) is 5.50. The van der Waals surface area contributed by atoms with Crippen LogP contribution in [0, 0.1) is 19.1 Å². The van der Waals surface area contributed by atoms with Gasteiger partial charge in [-0.2, -0.15) is 0 Å². The number of ether oxygens (including phenoxy) is 2. The Balaban J connectivity index is 2.54. The van der Waals surface area contributed by atoms with Gasteiger partial charge < -0.3 is 19.1 Å². The molecule has 1 aromatic heterocycles. The second-order valence-corrected chi connectivity index (χ2v) is 3.91. The van der Waals surface area contributed by atoms with Crippen LogP contribution < -0.4 is 14.2 Å². The first kappa shape index (κ1) is 12.3. The summed E-state index contributed by atoms with van der Waals surface area (Å²) in [4.78, 5) is 0. The van der Waals surface area contributed by atoms with Gasteiger partial charge in [-0.3, -0.25) is 0 Å². The predicted octanol–water partition coefficient (Wildman–Crippen LogP) is 2.21. The Labute approximate surface area is 105 Å². The van der Waals surface area contributed by atoms with E-state index in [9.17, 15) is 5.21 Å². The molecule has 1 heterocycles. The lowest BCUT2D eigenvalue weighted by Gasteiger charge is -2.07. The summed E-state index contributed by atoms with van der Waals surface area (Å²) in [7, 11) is 3.11. The molecule has 0 radical (unpaired) electrons. The highest BCUT2D eigenvalue weighted by Gasteiger charge is 2.21. The van der Waals surface area contributed by atoms with Crippen molar-refractivity contribution in [1.82, 2.24) is 0 Å². The van der Waals surface area contributed by atoms with E-state index in [1.54, 1.807) is 46.3 Å². The zero-order chi connectivity index (χ0) is 13.3. The summed E-state index contributed by atoms with van der Waals surface area (Å²) in [5, 5.41) is 11.9. The fourth-order valence-electron chi connectivity index (χ4n) is 1.70. The number of hydrogen-bond donors (Lipinski definition) is 0. The standard InChI is InChI=1S/C13H15NO4/c1-8-9(2)18-13(14(8)15)10-5-6-11(16-3)12(7-10)17-4/h5-7H,1-4H3. The van der Waals surface area contributed by atoms with Crippen molar-refractivity contribution in [2.45, 2.75) is 13.8 Å². The summed E-state index contributed by atoms with van der Waals surface area (Å²) >= 11 is 0. The molecule has 18 heavy (non-hydrogen) atoms. The molecule has 0 amide bonds. The van der Waals surface area contributed by atoms with Crippen LogP contribution in [0.1, 0.15) is 11.5 Å². The third-order valence-electron chi connectivity index (χ3n) is 2.88. The number of nitrogens with zero attached hydrogens (tertiary/aromatic N) is 1. The minimum Gasteiger partial charge on any atom is -0.616 e. The minimum atomic E-state index is 0.256. The zero-order valence-corrected chi connectivity index (χ0v) is 10.8. The van der Waals surface area contributed by atoms with Gasteiger partial charge in [0.15, 0.2) is 17.3 Å². The summed E-state index contributed by atoms with van der Waals surface area (Å²) in [5.41, 5.74) is 1.21. The molecule has 0 spiro atoms. The van der Waals surface area contributed by atoms with Gasteiger partial charge in [-0.25, -0.2) is 0 Å². The number of methoxy groups -OCH3 is 2. The van der Waals surface area contributed by atoms with E-state index in [4.69, 9.17) is 13.9 Å². The summed E-state index contributed by atoms with van der Waals surface area (Å²) in [6, 6.07) is 5.21. The molecule has 0 aliphatic heterocycles. The molecule has 0 atom stereocenters. The molecule has 1 aromatic carbocycles. The molecule has 96 valence electrons. The topological polar surface area (TPSA) is 58.5 Å². The third kappa shape index (κ3) is 1.88. The van der Waals surface area contributed by atoms with Gasteiger partial charge in [0.25, 0.3) is 0 Å². The Bertz CT molecular complexity index is 575. The minimum absolute atomic E-state index is 0.256. The van der Waals surface area contributed by atoms with Crippen molar-refractivity contribution in [2.75, 3.05) is 14.2 Å². The maximum Gasteiger partial charge on any atom is 0.392 e. The van der Waals surface area contributed by atoms with Gasteiger partial charge in [-0.05, 0) is 12.1 Å². The fraction of sp³-hybridized carbons (Fsp3) is 0.308. The molecular weight excluding hydrogens is 234 g/mol. The van der Waals surface area contributed by atoms with Crippen LogP contribution in [0.25, 0.3) is 11.5 Å². The van der Waals surface area contributed by atoms with E-state index >= 15 is 0 Å². The summed E-state index contributed by atoms with van der Waals surface area (Å²) < 4.78 is 16.6. The van der Waals surface area contributed by atoms with Crippen LogP contribution in [-0.2, 0) is 0 Å². The highest BCUT2D eigenvalue weighted by molar-refractivity contribution is 5.58. The van der Waals surface area contributed by atoms with E-state index in [0.717, 1.165) is 4.73 Å². The Morgan fingerprint density at radius 3 is 2.28 bits per heavy atom. The van der Waals surface area contributed by atoms with Crippen LogP contribution in [0.5, 0.6) is 11.5 Å². The normalized spacial score (nSPS) is 10.4. The lowest BCUT2D eigenvalue weighted by Crippen LogP contribution is -2.29. The van der Waals surface area contributed by atoms with Crippen LogP contribution in [-0.4, -0.2) is 14.2 Å². The highest BCUT2D eigenvalue weighted by Crippen LogP contribution is 2.31. The molecule has 2 aromatic rings. The van der Waals surface area contributed by atoms with Crippen molar-refractivity contribution in [1.29, 1.82) is 0 Å².